The summed E-state index contributed by atoms with van der Waals surface area (Å²) >= 11 is 0. The minimum Gasteiger partial charge on any atom is -0.265 e. The van der Waals surface area contributed by atoms with E-state index in [0.29, 0.717) is 5.41 Å². The van der Waals surface area contributed by atoms with Gasteiger partial charge in [0, 0.05) is 37.2 Å². The minimum absolute atomic E-state index is 0.201. The lowest BCUT2D eigenvalue weighted by Gasteiger charge is -2.51. The van der Waals surface area contributed by atoms with Crippen LogP contribution in [-0.4, -0.2) is 15.0 Å². The van der Waals surface area contributed by atoms with Gasteiger partial charge < -0.3 is 0 Å². The Morgan fingerprint density at radius 1 is 0.513 bits per heavy atom. The van der Waals surface area contributed by atoms with Gasteiger partial charge in [-0.3, -0.25) is 15.0 Å². The lowest BCUT2D eigenvalue weighted by Crippen LogP contribution is -2.44. The quantitative estimate of drug-likeness (QED) is 0.268. The molecule has 0 N–H and O–H groups in total. The van der Waals surface area contributed by atoms with Crippen molar-refractivity contribution >= 4 is 0 Å². The van der Waals surface area contributed by atoms with Crippen LogP contribution in [0.2, 0.25) is 0 Å². The van der Waals surface area contributed by atoms with Gasteiger partial charge in [-0.1, -0.05) is 34.1 Å². The molecule has 0 aliphatic heterocycles. The monoisotopic (exact) mass is 521 g/mol. The van der Waals surface area contributed by atoms with Crippen LogP contribution in [0.5, 0.6) is 0 Å². The average molecular weight is 522 g/mol. The molecular weight excluding hydrogens is 474 g/mol. The molecule has 3 aromatic heterocycles. The molecule has 0 amide bonds. The maximum Gasteiger partial charge on any atom is 0.0270 e. The van der Waals surface area contributed by atoms with Crippen LogP contribution in [0, 0.1) is 29.6 Å². The highest BCUT2D eigenvalue weighted by Gasteiger charge is 2.50. The van der Waals surface area contributed by atoms with Gasteiger partial charge in [-0.15, -0.1) is 0 Å². The van der Waals surface area contributed by atoms with Gasteiger partial charge >= 0.3 is 0 Å². The Labute approximate surface area is 236 Å². The molecule has 3 aromatic rings. The van der Waals surface area contributed by atoms with Crippen molar-refractivity contribution in [1.29, 1.82) is 0 Å². The third-order valence-electron chi connectivity index (χ3n) is 11.7. The molecule has 0 radical (unpaired) electrons. The van der Waals surface area contributed by atoms with E-state index in [9.17, 15) is 0 Å². The van der Waals surface area contributed by atoms with Crippen LogP contribution < -0.4 is 0 Å². The van der Waals surface area contributed by atoms with Crippen LogP contribution in [0.15, 0.2) is 73.6 Å². The van der Waals surface area contributed by atoms with Crippen LogP contribution >= 0.6 is 0 Å². The average Bonchev–Trinajstić information content (AvgIpc) is 3.71. The highest BCUT2D eigenvalue weighted by atomic mass is 14.6. The summed E-state index contributed by atoms with van der Waals surface area (Å²) in [5.74, 6) is 3.97. The van der Waals surface area contributed by atoms with E-state index in [1.54, 1.807) is 0 Å². The number of pyridine rings is 3. The van der Waals surface area contributed by atoms with Crippen LogP contribution in [0.4, 0.5) is 0 Å². The van der Waals surface area contributed by atoms with E-state index < -0.39 is 0 Å². The van der Waals surface area contributed by atoms with E-state index >= 15 is 0 Å². The van der Waals surface area contributed by atoms with Gasteiger partial charge in [-0.25, -0.2) is 0 Å². The molecule has 3 saturated carbocycles. The molecule has 0 saturated heterocycles. The molecule has 3 aliphatic rings. The fourth-order valence-corrected chi connectivity index (χ4v) is 8.78. The Hall–Kier alpha value is -2.55. The molecule has 6 rings (SSSR count). The third-order valence-corrected chi connectivity index (χ3v) is 11.7. The summed E-state index contributed by atoms with van der Waals surface area (Å²) in [7, 11) is 0. The molecule has 206 valence electrons. The highest BCUT2D eigenvalue weighted by Crippen LogP contribution is 2.58. The Morgan fingerprint density at radius 2 is 0.923 bits per heavy atom. The first kappa shape index (κ1) is 26.7. The van der Waals surface area contributed by atoms with E-state index in [1.165, 1.54) is 74.5 Å². The lowest BCUT2D eigenvalue weighted by molar-refractivity contribution is 0.0624. The van der Waals surface area contributed by atoms with Crippen molar-refractivity contribution in [2.24, 2.45) is 29.6 Å². The van der Waals surface area contributed by atoms with Crippen molar-refractivity contribution in [3.8, 4) is 0 Å². The molecule has 0 spiro atoms. The summed E-state index contributed by atoms with van der Waals surface area (Å²) in [6.07, 6.45) is 24.1. The van der Waals surface area contributed by atoms with Gasteiger partial charge in [0.2, 0.25) is 0 Å². The molecule has 0 aromatic carbocycles. The SMILES string of the molecule is CC(C)(c1ccncc1)C1CCC(CC(C)(c2ccncc2)C2CC(CC(C)(c3ccncc3)C3CC3)C2)C1. The van der Waals surface area contributed by atoms with E-state index in [4.69, 9.17) is 0 Å². The number of aromatic nitrogens is 3. The number of hydrogen-bond donors (Lipinski definition) is 0. The standard InChI is InChI=1S/C36H47N3/c1-34(2,28-9-15-37-16-10-28)32-6-5-26(21-32)24-36(4,31-13-19-39-20-14-31)33-22-27(23-33)25-35(3,29-7-8-29)30-11-17-38-18-12-30/h9-20,26-27,29,32-33H,5-8,21-25H2,1-4H3. The Kier molecular flexibility index (Phi) is 7.14. The van der Waals surface area contributed by atoms with Gasteiger partial charge in [0.05, 0.1) is 0 Å². The highest BCUT2D eigenvalue weighted by molar-refractivity contribution is 5.28. The molecule has 3 aliphatic carbocycles. The first-order chi connectivity index (χ1) is 18.8. The predicted molar refractivity (Wildman–Crippen MR) is 159 cm³/mol. The van der Waals surface area contributed by atoms with Gasteiger partial charge in [0.1, 0.15) is 0 Å². The fourth-order valence-electron chi connectivity index (χ4n) is 8.78. The van der Waals surface area contributed by atoms with Crippen molar-refractivity contribution in [1.82, 2.24) is 15.0 Å². The molecule has 4 unspecified atom stereocenters. The van der Waals surface area contributed by atoms with Gasteiger partial charge in [0.15, 0.2) is 0 Å². The van der Waals surface area contributed by atoms with Crippen molar-refractivity contribution in [3.63, 3.8) is 0 Å². The molecule has 39 heavy (non-hydrogen) atoms. The maximum absolute atomic E-state index is 4.38. The van der Waals surface area contributed by atoms with E-state index in [0.717, 1.165) is 29.6 Å². The molecule has 4 atom stereocenters. The number of hydrogen-bond acceptors (Lipinski definition) is 3. The zero-order valence-electron chi connectivity index (χ0n) is 24.5. The van der Waals surface area contributed by atoms with E-state index in [1.807, 2.05) is 37.2 Å². The summed E-state index contributed by atoms with van der Waals surface area (Å²) in [6, 6.07) is 13.6. The second-order valence-electron chi connectivity index (χ2n) is 14.4. The molecule has 3 nitrogen and oxygen atoms in total. The zero-order valence-corrected chi connectivity index (χ0v) is 24.5. The van der Waals surface area contributed by atoms with Crippen LogP contribution in [0.1, 0.15) is 102 Å². The first-order valence-electron chi connectivity index (χ1n) is 15.5. The maximum atomic E-state index is 4.38. The van der Waals surface area contributed by atoms with Gasteiger partial charge in [-0.2, -0.15) is 0 Å². The fraction of sp³-hybridized carbons (Fsp3) is 0.583. The van der Waals surface area contributed by atoms with Crippen molar-refractivity contribution in [3.05, 3.63) is 90.3 Å². The molecule has 3 heteroatoms. The number of rotatable bonds is 10. The molecule has 3 heterocycles. The second-order valence-corrected chi connectivity index (χ2v) is 14.4. The summed E-state index contributed by atoms with van der Waals surface area (Å²) in [6.45, 7) is 10.0. The third kappa shape index (κ3) is 5.19. The summed E-state index contributed by atoms with van der Waals surface area (Å²) in [5.41, 5.74) is 5.20. The molecule has 3 fully saturated rings. The van der Waals surface area contributed by atoms with Crippen LogP contribution in [0.3, 0.4) is 0 Å². The smallest absolute Gasteiger partial charge is 0.0270 e. The van der Waals surface area contributed by atoms with E-state index in [-0.39, 0.29) is 10.8 Å². The lowest BCUT2D eigenvalue weighted by atomic mass is 9.54. The van der Waals surface area contributed by atoms with Crippen molar-refractivity contribution in [2.75, 3.05) is 0 Å². The second kappa shape index (κ2) is 10.5. The number of nitrogens with zero attached hydrogens (tertiary/aromatic N) is 3. The Morgan fingerprint density at radius 3 is 1.44 bits per heavy atom. The summed E-state index contributed by atoms with van der Waals surface area (Å²) in [5, 5.41) is 0. The Balaban J connectivity index is 1.16. The van der Waals surface area contributed by atoms with Crippen molar-refractivity contribution < 1.29 is 0 Å². The van der Waals surface area contributed by atoms with Crippen molar-refractivity contribution in [2.45, 2.75) is 102 Å². The summed E-state index contributed by atoms with van der Waals surface area (Å²) < 4.78 is 0. The van der Waals surface area contributed by atoms with Crippen LogP contribution in [-0.2, 0) is 16.2 Å². The van der Waals surface area contributed by atoms with Gasteiger partial charge in [-0.05, 0) is 150 Å². The normalized spacial score (nSPS) is 28.3. The van der Waals surface area contributed by atoms with Crippen LogP contribution in [0.25, 0.3) is 0 Å². The largest absolute Gasteiger partial charge is 0.265 e. The first-order valence-corrected chi connectivity index (χ1v) is 15.5. The predicted octanol–water partition coefficient (Wildman–Crippen LogP) is 8.70. The molecule has 0 bridgehead atoms. The zero-order chi connectivity index (χ0) is 27.1. The Bertz CT molecular complexity index is 1220. The summed E-state index contributed by atoms with van der Waals surface area (Å²) in [4.78, 5) is 13.0. The van der Waals surface area contributed by atoms with E-state index in [2.05, 4.69) is 79.0 Å². The van der Waals surface area contributed by atoms with Gasteiger partial charge in [0.25, 0.3) is 0 Å². The topological polar surface area (TPSA) is 38.7 Å². The molecular formula is C36H47N3. The minimum atomic E-state index is 0.201.